The van der Waals surface area contributed by atoms with E-state index in [1.807, 2.05) is 6.92 Å². The number of carbonyl (C=O) groups excluding carboxylic acids is 2. The molecule has 2 aliphatic rings. The Balaban J connectivity index is 2.03. The zero-order valence-corrected chi connectivity index (χ0v) is 17.0. The number of hydrogen-bond donors (Lipinski definition) is 0. The Morgan fingerprint density at radius 1 is 1.14 bits per heavy atom. The summed E-state index contributed by atoms with van der Waals surface area (Å²) >= 11 is 0. The topological polar surface area (TPSA) is 96.3 Å². The van der Waals surface area contributed by atoms with Crippen molar-refractivity contribution in [3.05, 3.63) is 23.8 Å². The lowest BCUT2D eigenvalue weighted by Crippen LogP contribution is -2.44. The van der Waals surface area contributed by atoms with E-state index >= 15 is 0 Å². The van der Waals surface area contributed by atoms with Crippen molar-refractivity contribution in [2.45, 2.75) is 44.4 Å². The SMILES string of the molecule is CCOC(=O)CN1N=C(C(=O)N2CCCCCC2)S(=O)(=O)c2ccc(C)cc21. The van der Waals surface area contributed by atoms with E-state index < -0.39 is 26.8 Å². The summed E-state index contributed by atoms with van der Waals surface area (Å²) in [5.41, 5.74) is 1.10. The number of fused-ring (bicyclic) bond motifs is 1. The maximum absolute atomic E-state index is 13.1. The number of nitrogens with zero attached hydrogens (tertiary/aromatic N) is 3. The molecule has 0 unspecified atom stereocenters. The molecule has 0 N–H and O–H groups in total. The number of benzene rings is 1. The Kier molecular flexibility index (Phi) is 6.02. The molecule has 0 bridgehead atoms. The lowest BCUT2D eigenvalue weighted by Gasteiger charge is -2.29. The maximum atomic E-state index is 13.1. The number of aryl methyl sites for hydroxylation is 1. The summed E-state index contributed by atoms with van der Waals surface area (Å²) in [6.45, 7) is 4.45. The van der Waals surface area contributed by atoms with Crippen LogP contribution in [0.25, 0.3) is 0 Å². The zero-order chi connectivity index (χ0) is 20.3. The van der Waals surface area contributed by atoms with Gasteiger partial charge in [0.1, 0.15) is 6.54 Å². The van der Waals surface area contributed by atoms with Gasteiger partial charge in [-0.2, -0.15) is 5.10 Å². The second-order valence-corrected chi connectivity index (χ2v) is 8.78. The van der Waals surface area contributed by atoms with Gasteiger partial charge in [0.25, 0.3) is 5.91 Å². The van der Waals surface area contributed by atoms with E-state index in [0.717, 1.165) is 31.2 Å². The molecule has 1 amide bonds. The Morgan fingerprint density at radius 2 is 1.82 bits per heavy atom. The molecule has 28 heavy (non-hydrogen) atoms. The van der Waals surface area contributed by atoms with Gasteiger partial charge in [0, 0.05) is 13.1 Å². The third kappa shape index (κ3) is 4.04. The van der Waals surface area contributed by atoms with Crippen LogP contribution in [0, 0.1) is 6.92 Å². The highest BCUT2D eigenvalue weighted by atomic mass is 32.2. The minimum absolute atomic E-state index is 0.0180. The van der Waals surface area contributed by atoms with E-state index in [1.54, 1.807) is 24.0 Å². The van der Waals surface area contributed by atoms with Crippen LogP contribution >= 0.6 is 0 Å². The van der Waals surface area contributed by atoms with Gasteiger partial charge in [-0.25, -0.2) is 8.42 Å². The summed E-state index contributed by atoms with van der Waals surface area (Å²) < 4.78 is 31.2. The largest absolute Gasteiger partial charge is 0.465 e. The van der Waals surface area contributed by atoms with Crippen LogP contribution in [0.2, 0.25) is 0 Å². The lowest BCUT2D eigenvalue weighted by atomic mass is 10.2. The molecule has 1 saturated heterocycles. The van der Waals surface area contributed by atoms with Crippen LogP contribution in [0.5, 0.6) is 0 Å². The van der Waals surface area contributed by atoms with E-state index in [4.69, 9.17) is 4.74 Å². The first-order chi connectivity index (χ1) is 13.3. The number of ether oxygens (including phenoxy) is 1. The van der Waals surface area contributed by atoms with Crippen LogP contribution in [0.3, 0.4) is 0 Å². The number of carbonyl (C=O) groups is 2. The third-order valence-corrected chi connectivity index (χ3v) is 6.50. The van der Waals surface area contributed by atoms with Gasteiger partial charge in [-0.3, -0.25) is 14.6 Å². The summed E-state index contributed by atoms with van der Waals surface area (Å²) in [6.07, 6.45) is 3.70. The number of hydrogen-bond acceptors (Lipinski definition) is 7. The van der Waals surface area contributed by atoms with Crippen LogP contribution in [-0.4, -0.2) is 56.5 Å². The van der Waals surface area contributed by atoms with Crippen molar-refractivity contribution in [2.75, 3.05) is 31.3 Å². The average molecular weight is 407 g/mol. The highest BCUT2D eigenvalue weighted by molar-refractivity contribution is 8.08. The summed E-state index contributed by atoms with van der Waals surface area (Å²) in [5.74, 6) is -1.15. The predicted molar refractivity (Wildman–Crippen MR) is 105 cm³/mol. The lowest BCUT2D eigenvalue weighted by molar-refractivity contribution is -0.141. The van der Waals surface area contributed by atoms with E-state index in [2.05, 4.69) is 5.10 Å². The highest BCUT2D eigenvalue weighted by Gasteiger charge is 2.40. The highest BCUT2D eigenvalue weighted by Crippen LogP contribution is 2.33. The monoisotopic (exact) mass is 407 g/mol. The average Bonchev–Trinajstić information content (AvgIpc) is 2.93. The van der Waals surface area contributed by atoms with Crippen molar-refractivity contribution in [3.63, 3.8) is 0 Å². The van der Waals surface area contributed by atoms with Gasteiger partial charge in [-0.1, -0.05) is 18.9 Å². The van der Waals surface area contributed by atoms with Gasteiger partial charge in [-0.15, -0.1) is 0 Å². The molecule has 0 atom stereocenters. The van der Waals surface area contributed by atoms with Crippen LogP contribution in [0.15, 0.2) is 28.2 Å². The van der Waals surface area contributed by atoms with Crippen molar-refractivity contribution in [3.8, 4) is 0 Å². The number of anilines is 1. The molecular weight excluding hydrogens is 382 g/mol. The molecule has 0 spiro atoms. The van der Waals surface area contributed by atoms with Crippen molar-refractivity contribution < 1.29 is 22.7 Å². The molecule has 0 radical (unpaired) electrons. The van der Waals surface area contributed by atoms with Crippen LogP contribution < -0.4 is 5.01 Å². The number of amides is 1. The first kappa shape index (κ1) is 20.3. The van der Waals surface area contributed by atoms with Gasteiger partial charge in [0.05, 0.1) is 17.2 Å². The quantitative estimate of drug-likeness (QED) is 0.707. The molecule has 2 aliphatic heterocycles. The molecule has 9 heteroatoms. The molecule has 0 aliphatic carbocycles. The number of hydrazone groups is 1. The molecule has 1 fully saturated rings. The molecule has 1 aromatic rings. The first-order valence-electron chi connectivity index (χ1n) is 9.51. The molecular formula is C19H25N3O5S. The Morgan fingerprint density at radius 3 is 2.46 bits per heavy atom. The predicted octanol–water partition coefficient (Wildman–Crippen LogP) is 1.87. The maximum Gasteiger partial charge on any atom is 0.327 e. The fraction of sp³-hybridized carbons (Fsp3) is 0.526. The summed E-state index contributed by atoms with van der Waals surface area (Å²) in [5, 5.41) is 4.84. The second-order valence-electron chi connectivity index (χ2n) is 6.95. The zero-order valence-electron chi connectivity index (χ0n) is 16.2. The number of sulfone groups is 1. The molecule has 0 saturated carbocycles. The Labute approximate surface area is 165 Å². The Bertz CT molecular complexity index is 902. The van der Waals surface area contributed by atoms with E-state index in [-0.39, 0.29) is 23.7 Å². The van der Waals surface area contributed by atoms with Gasteiger partial charge in [0.2, 0.25) is 14.9 Å². The van der Waals surface area contributed by atoms with Crippen LogP contribution in [0.1, 0.15) is 38.2 Å². The summed E-state index contributed by atoms with van der Waals surface area (Å²) in [4.78, 5) is 26.6. The number of rotatable bonds is 4. The minimum atomic E-state index is -4.08. The normalized spacial score (nSPS) is 18.7. The van der Waals surface area contributed by atoms with Gasteiger partial charge >= 0.3 is 5.97 Å². The summed E-state index contributed by atoms with van der Waals surface area (Å²) in [7, 11) is -4.08. The fourth-order valence-corrected chi connectivity index (χ4v) is 4.85. The van der Waals surface area contributed by atoms with Gasteiger partial charge in [0.15, 0.2) is 0 Å². The number of esters is 1. The molecule has 1 aromatic carbocycles. The molecule has 0 aromatic heterocycles. The van der Waals surface area contributed by atoms with Crippen molar-refractivity contribution in [1.82, 2.24) is 4.90 Å². The minimum Gasteiger partial charge on any atom is -0.465 e. The van der Waals surface area contributed by atoms with Crippen LogP contribution in [-0.2, 0) is 24.2 Å². The van der Waals surface area contributed by atoms with E-state index in [0.29, 0.717) is 13.1 Å². The Hall–Kier alpha value is -2.42. The van der Waals surface area contributed by atoms with E-state index in [1.165, 1.54) is 11.1 Å². The number of likely N-dealkylation sites (tertiary alicyclic amines) is 1. The van der Waals surface area contributed by atoms with Crippen molar-refractivity contribution in [1.29, 1.82) is 0 Å². The van der Waals surface area contributed by atoms with Crippen molar-refractivity contribution >= 4 is 32.4 Å². The van der Waals surface area contributed by atoms with E-state index in [9.17, 15) is 18.0 Å². The molecule has 152 valence electrons. The van der Waals surface area contributed by atoms with Gasteiger partial charge < -0.3 is 9.64 Å². The molecule has 8 nitrogen and oxygen atoms in total. The first-order valence-corrected chi connectivity index (χ1v) is 11.0. The van der Waals surface area contributed by atoms with Crippen molar-refractivity contribution in [2.24, 2.45) is 5.10 Å². The summed E-state index contributed by atoms with van der Waals surface area (Å²) in [6, 6.07) is 4.77. The molecule has 2 heterocycles. The third-order valence-electron chi connectivity index (χ3n) is 4.81. The van der Waals surface area contributed by atoms with Crippen LogP contribution in [0.4, 0.5) is 5.69 Å². The van der Waals surface area contributed by atoms with Gasteiger partial charge in [-0.05, 0) is 44.4 Å². The fourth-order valence-electron chi connectivity index (χ4n) is 3.39. The molecule has 3 rings (SSSR count). The second kappa shape index (κ2) is 8.30. The standard InChI is InChI=1S/C19H25N3O5S/c1-3-27-17(23)13-22-15-12-14(2)8-9-16(15)28(25,26)18(20-22)19(24)21-10-6-4-5-7-11-21/h8-9,12H,3-7,10-11,13H2,1-2H3. The smallest absolute Gasteiger partial charge is 0.327 e.